The summed E-state index contributed by atoms with van der Waals surface area (Å²) in [5.41, 5.74) is 1.23. The van der Waals surface area contributed by atoms with Gasteiger partial charge >= 0.3 is 0 Å². The van der Waals surface area contributed by atoms with Crippen molar-refractivity contribution in [3.63, 3.8) is 0 Å². The van der Waals surface area contributed by atoms with Crippen molar-refractivity contribution < 1.29 is 9.53 Å². The number of hydrogen-bond donors (Lipinski definition) is 0. The Morgan fingerprint density at radius 2 is 2.04 bits per heavy atom. The maximum Gasteiger partial charge on any atom is 0.228 e. The molecule has 0 bridgehead atoms. The van der Waals surface area contributed by atoms with Crippen LogP contribution in [0.1, 0.15) is 23.6 Å². The van der Waals surface area contributed by atoms with Crippen LogP contribution in [-0.4, -0.2) is 51.9 Å². The Balaban J connectivity index is 1.46. The predicted octanol–water partition coefficient (Wildman–Crippen LogP) is 1.29. The van der Waals surface area contributed by atoms with Crippen molar-refractivity contribution in [3.8, 4) is 0 Å². The van der Waals surface area contributed by atoms with E-state index in [1.165, 1.54) is 5.56 Å². The fourth-order valence-corrected chi connectivity index (χ4v) is 3.50. The van der Waals surface area contributed by atoms with Crippen LogP contribution < -0.4 is 0 Å². The van der Waals surface area contributed by atoms with Crippen molar-refractivity contribution in [3.05, 3.63) is 47.5 Å². The number of aromatic nitrogens is 3. The number of ether oxygens (including phenoxy) is 1. The monoisotopic (exact) mass is 326 g/mol. The number of carbonyl (C=O) groups excluding carboxylic acids is 1. The van der Waals surface area contributed by atoms with E-state index < -0.39 is 0 Å². The lowest BCUT2D eigenvalue weighted by molar-refractivity contribution is -0.135. The van der Waals surface area contributed by atoms with Gasteiger partial charge in [-0.2, -0.15) is 0 Å². The van der Waals surface area contributed by atoms with E-state index in [2.05, 4.69) is 26.9 Å². The first kappa shape index (κ1) is 15.3. The third-order valence-electron chi connectivity index (χ3n) is 4.90. The van der Waals surface area contributed by atoms with E-state index in [1.54, 1.807) is 0 Å². The number of fused-ring (bicyclic) bond motifs is 1. The largest absolute Gasteiger partial charge is 0.381 e. The van der Waals surface area contributed by atoms with Gasteiger partial charge in [0.15, 0.2) is 0 Å². The van der Waals surface area contributed by atoms with Crippen LogP contribution in [0.15, 0.2) is 30.3 Å². The van der Waals surface area contributed by atoms with E-state index in [4.69, 9.17) is 4.74 Å². The molecule has 2 aliphatic heterocycles. The standard InChI is InChI=1S/C18H22N4O2/c23-18(15-7-11-24-13-15)21-8-6-16-19-20-17(22(16)10-9-21)12-14-4-2-1-3-5-14/h1-5,15H,6-13H2. The van der Waals surface area contributed by atoms with Crippen molar-refractivity contribution in [1.82, 2.24) is 19.7 Å². The zero-order valence-electron chi connectivity index (χ0n) is 13.7. The molecular formula is C18H22N4O2. The molecule has 24 heavy (non-hydrogen) atoms. The molecular weight excluding hydrogens is 304 g/mol. The Labute approximate surface area is 141 Å². The number of benzene rings is 1. The molecule has 0 aliphatic carbocycles. The summed E-state index contributed by atoms with van der Waals surface area (Å²) < 4.78 is 7.54. The number of amides is 1. The first-order valence-corrected chi connectivity index (χ1v) is 8.62. The first-order valence-electron chi connectivity index (χ1n) is 8.62. The molecule has 1 aromatic carbocycles. The van der Waals surface area contributed by atoms with E-state index >= 15 is 0 Å². The summed E-state index contributed by atoms with van der Waals surface area (Å²) in [5.74, 6) is 2.24. The number of hydrogen-bond acceptors (Lipinski definition) is 4. The lowest BCUT2D eigenvalue weighted by Crippen LogP contribution is -2.38. The Kier molecular flexibility index (Phi) is 4.30. The van der Waals surface area contributed by atoms with Crippen LogP contribution in [0.2, 0.25) is 0 Å². The lowest BCUT2D eigenvalue weighted by atomic mass is 10.1. The summed E-state index contributed by atoms with van der Waals surface area (Å²) in [5, 5.41) is 8.73. The van der Waals surface area contributed by atoms with E-state index in [9.17, 15) is 4.79 Å². The SMILES string of the molecule is O=C(C1CCOC1)N1CCc2nnc(Cc3ccccc3)n2CC1. The van der Waals surface area contributed by atoms with Gasteiger partial charge in [-0.15, -0.1) is 10.2 Å². The van der Waals surface area contributed by atoms with Gasteiger partial charge in [-0.3, -0.25) is 4.79 Å². The highest BCUT2D eigenvalue weighted by Gasteiger charge is 2.29. The van der Waals surface area contributed by atoms with Gasteiger partial charge in [0.2, 0.25) is 5.91 Å². The quantitative estimate of drug-likeness (QED) is 0.853. The maximum atomic E-state index is 12.6. The molecule has 6 heteroatoms. The molecule has 1 atom stereocenters. The minimum atomic E-state index is 0.0392. The highest BCUT2D eigenvalue weighted by molar-refractivity contribution is 5.79. The first-order chi connectivity index (χ1) is 11.8. The van der Waals surface area contributed by atoms with Gasteiger partial charge in [0.05, 0.1) is 12.5 Å². The van der Waals surface area contributed by atoms with E-state index in [0.29, 0.717) is 13.2 Å². The van der Waals surface area contributed by atoms with Crippen LogP contribution in [0.5, 0.6) is 0 Å². The molecule has 0 spiro atoms. The van der Waals surface area contributed by atoms with Crippen LogP contribution in [0.25, 0.3) is 0 Å². The van der Waals surface area contributed by atoms with Gasteiger partial charge in [0, 0.05) is 39.1 Å². The molecule has 1 unspecified atom stereocenters. The minimum absolute atomic E-state index is 0.0392. The number of rotatable bonds is 3. The van der Waals surface area contributed by atoms with Gasteiger partial charge in [0.25, 0.3) is 0 Å². The lowest BCUT2D eigenvalue weighted by Gasteiger charge is -2.23. The van der Waals surface area contributed by atoms with E-state index in [-0.39, 0.29) is 11.8 Å². The smallest absolute Gasteiger partial charge is 0.228 e. The second kappa shape index (κ2) is 6.73. The molecule has 2 aliphatic rings. The average Bonchev–Trinajstić information content (AvgIpc) is 3.22. The van der Waals surface area contributed by atoms with Crippen LogP contribution in [0.4, 0.5) is 0 Å². The number of carbonyl (C=O) groups is 1. The Morgan fingerprint density at radius 1 is 1.17 bits per heavy atom. The molecule has 6 nitrogen and oxygen atoms in total. The maximum absolute atomic E-state index is 12.6. The third kappa shape index (κ3) is 3.06. The average molecular weight is 326 g/mol. The number of nitrogens with zero attached hydrogens (tertiary/aromatic N) is 4. The van der Waals surface area contributed by atoms with Crippen molar-refractivity contribution in [2.75, 3.05) is 26.3 Å². The molecule has 1 amide bonds. The zero-order valence-corrected chi connectivity index (χ0v) is 13.7. The summed E-state index contributed by atoms with van der Waals surface area (Å²) in [6.07, 6.45) is 2.39. The summed E-state index contributed by atoms with van der Waals surface area (Å²) >= 11 is 0. The second-order valence-corrected chi connectivity index (χ2v) is 6.48. The van der Waals surface area contributed by atoms with E-state index in [0.717, 1.165) is 50.5 Å². The molecule has 1 saturated heterocycles. The van der Waals surface area contributed by atoms with Gasteiger partial charge in [-0.1, -0.05) is 30.3 Å². The third-order valence-corrected chi connectivity index (χ3v) is 4.90. The molecule has 0 radical (unpaired) electrons. The summed E-state index contributed by atoms with van der Waals surface area (Å²) in [4.78, 5) is 14.6. The van der Waals surface area contributed by atoms with Crippen molar-refractivity contribution >= 4 is 5.91 Å². The highest BCUT2D eigenvalue weighted by Crippen LogP contribution is 2.18. The van der Waals surface area contributed by atoms with Gasteiger partial charge in [-0.25, -0.2) is 0 Å². The second-order valence-electron chi connectivity index (χ2n) is 6.48. The summed E-state index contributed by atoms with van der Waals surface area (Å²) in [6.45, 7) is 3.49. The molecule has 126 valence electrons. The fraction of sp³-hybridized carbons (Fsp3) is 0.500. The molecule has 0 N–H and O–H groups in total. The molecule has 1 fully saturated rings. The van der Waals surface area contributed by atoms with Gasteiger partial charge in [0.1, 0.15) is 11.6 Å². The fourth-order valence-electron chi connectivity index (χ4n) is 3.50. The van der Waals surface area contributed by atoms with Gasteiger partial charge in [-0.05, 0) is 12.0 Å². The zero-order chi connectivity index (χ0) is 16.4. The molecule has 2 aromatic rings. The molecule has 1 aromatic heterocycles. The minimum Gasteiger partial charge on any atom is -0.381 e. The topological polar surface area (TPSA) is 60.2 Å². The Hall–Kier alpha value is -2.21. The summed E-state index contributed by atoms with van der Waals surface area (Å²) in [6, 6.07) is 10.3. The molecule has 0 saturated carbocycles. The van der Waals surface area contributed by atoms with Crippen molar-refractivity contribution in [1.29, 1.82) is 0 Å². The van der Waals surface area contributed by atoms with E-state index in [1.807, 2.05) is 23.1 Å². The Bertz CT molecular complexity index is 707. The van der Waals surface area contributed by atoms with Crippen LogP contribution in [0, 0.1) is 5.92 Å². The summed E-state index contributed by atoms with van der Waals surface area (Å²) in [7, 11) is 0. The normalized spacial score (nSPS) is 20.7. The molecule has 3 heterocycles. The molecule has 4 rings (SSSR count). The highest BCUT2D eigenvalue weighted by atomic mass is 16.5. The predicted molar refractivity (Wildman–Crippen MR) is 88.5 cm³/mol. The van der Waals surface area contributed by atoms with Crippen molar-refractivity contribution in [2.24, 2.45) is 5.92 Å². The van der Waals surface area contributed by atoms with Crippen LogP contribution >= 0.6 is 0 Å². The Morgan fingerprint density at radius 3 is 2.83 bits per heavy atom. The van der Waals surface area contributed by atoms with Gasteiger partial charge < -0.3 is 14.2 Å². The van der Waals surface area contributed by atoms with Crippen molar-refractivity contribution in [2.45, 2.75) is 25.8 Å². The van der Waals surface area contributed by atoms with Crippen LogP contribution in [0.3, 0.4) is 0 Å². The van der Waals surface area contributed by atoms with Crippen LogP contribution in [-0.2, 0) is 28.9 Å².